The Bertz CT molecular complexity index is 445. The van der Waals surface area contributed by atoms with E-state index in [4.69, 9.17) is 0 Å². The van der Waals surface area contributed by atoms with Gasteiger partial charge in [0, 0.05) is 0 Å². The van der Waals surface area contributed by atoms with Gasteiger partial charge in [-0.15, -0.1) is 0 Å². The molecule has 2 aromatic carbocycles. The van der Waals surface area contributed by atoms with Gasteiger partial charge in [-0.2, -0.15) is 0 Å². The monoisotopic (exact) mass is 225 g/mol. The Kier molecular flexibility index (Phi) is 3.94. The lowest BCUT2D eigenvalue weighted by Gasteiger charge is -2.19. The minimum absolute atomic E-state index is 0.293. The first kappa shape index (κ1) is 11.9. The molecule has 0 aliphatic rings. The van der Waals surface area contributed by atoms with E-state index < -0.39 is 0 Å². The van der Waals surface area contributed by atoms with Gasteiger partial charge in [0.25, 0.3) is 0 Å². The van der Waals surface area contributed by atoms with Gasteiger partial charge in [0.15, 0.2) is 0 Å². The minimum Gasteiger partial charge on any atom is -0.307 e. The number of hydrogen-bond donors (Lipinski definition) is 1. The van der Waals surface area contributed by atoms with Crippen LogP contribution in [0.15, 0.2) is 54.6 Å². The molecule has 1 unspecified atom stereocenters. The van der Waals surface area contributed by atoms with Crippen molar-refractivity contribution < 1.29 is 0 Å². The van der Waals surface area contributed by atoms with Crippen LogP contribution in [0.4, 0.5) is 0 Å². The molecule has 17 heavy (non-hydrogen) atoms. The molecule has 2 rings (SSSR count). The van der Waals surface area contributed by atoms with E-state index >= 15 is 0 Å². The summed E-state index contributed by atoms with van der Waals surface area (Å²) in [7, 11) is 0. The Labute approximate surface area is 103 Å². The van der Waals surface area contributed by atoms with Gasteiger partial charge in [0.2, 0.25) is 0 Å². The molecule has 0 radical (unpaired) electrons. The molecule has 2 aromatic rings. The van der Waals surface area contributed by atoms with Crippen molar-refractivity contribution in [3.63, 3.8) is 0 Å². The zero-order valence-electron chi connectivity index (χ0n) is 10.5. The van der Waals surface area contributed by atoms with Crippen molar-refractivity contribution in [1.29, 1.82) is 0 Å². The maximum atomic E-state index is 3.53. The second-order valence-corrected chi connectivity index (χ2v) is 4.31. The van der Waals surface area contributed by atoms with Crippen LogP contribution in [-0.4, -0.2) is 6.54 Å². The van der Waals surface area contributed by atoms with Crippen molar-refractivity contribution in [2.24, 2.45) is 0 Å². The van der Waals surface area contributed by atoms with Crippen LogP contribution in [0, 0.1) is 6.92 Å². The fraction of sp³-hybridized carbons (Fsp3) is 0.250. The summed E-state index contributed by atoms with van der Waals surface area (Å²) < 4.78 is 0. The third kappa shape index (κ3) is 2.95. The van der Waals surface area contributed by atoms with E-state index in [2.05, 4.69) is 73.8 Å². The quantitative estimate of drug-likeness (QED) is 0.836. The lowest BCUT2D eigenvalue weighted by Crippen LogP contribution is -2.21. The molecule has 0 amide bonds. The highest BCUT2D eigenvalue weighted by Crippen LogP contribution is 2.21. The van der Waals surface area contributed by atoms with E-state index in [9.17, 15) is 0 Å². The molecule has 0 saturated heterocycles. The number of hydrogen-bond acceptors (Lipinski definition) is 1. The van der Waals surface area contributed by atoms with Crippen LogP contribution in [0.2, 0.25) is 0 Å². The second-order valence-electron chi connectivity index (χ2n) is 4.31. The molecule has 1 nitrogen and oxygen atoms in total. The average molecular weight is 225 g/mol. The topological polar surface area (TPSA) is 12.0 Å². The Morgan fingerprint density at radius 2 is 1.47 bits per heavy atom. The molecule has 0 spiro atoms. The summed E-state index contributed by atoms with van der Waals surface area (Å²) >= 11 is 0. The fourth-order valence-corrected chi connectivity index (χ4v) is 2.04. The lowest BCUT2D eigenvalue weighted by molar-refractivity contribution is 0.630. The molecule has 0 aliphatic carbocycles. The molecule has 0 heterocycles. The SMILES string of the molecule is CCNC(c1ccccc1)c1ccc(C)cc1. The van der Waals surface area contributed by atoms with E-state index in [1.54, 1.807) is 0 Å². The zero-order valence-corrected chi connectivity index (χ0v) is 10.5. The van der Waals surface area contributed by atoms with Crippen molar-refractivity contribution in [3.05, 3.63) is 71.3 Å². The highest BCUT2D eigenvalue weighted by Gasteiger charge is 2.11. The maximum absolute atomic E-state index is 3.53. The van der Waals surface area contributed by atoms with Crippen LogP contribution in [0.1, 0.15) is 29.7 Å². The predicted molar refractivity (Wildman–Crippen MR) is 73.1 cm³/mol. The molecule has 0 aliphatic heterocycles. The first-order valence-corrected chi connectivity index (χ1v) is 6.16. The number of rotatable bonds is 4. The average Bonchev–Trinajstić information content (AvgIpc) is 2.38. The highest BCUT2D eigenvalue weighted by atomic mass is 14.9. The Morgan fingerprint density at radius 1 is 0.882 bits per heavy atom. The second kappa shape index (κ2) is 5.65. The first-order valence-electron chi connectivity index (χ1n) is 6.16. The van der Waals surface area contributed by atoms with E-state index in [-0.39, 0.29) is 0 Å². The number of nitrogens with one attached hydrogen (secondary N) is 1. The van der Waals surface area contributed by atoms with Gasteiger partial charge >= 0.3 is 0 Å². The van der Waals surface area contributed by atoms with Gasteiger partial charge in [-0.25, -0.2) is 0 Å². The van der Waals surface area contributed by atoms with Gasteiger partial charge in [-0.05, 0) is 24.6 Å². The van der Waals surface area contributed by atoms with E-state index in [1.165, 1.54) is 16.7 Å². The first-order chi connectivity index (χ1) is 8.31. The van der Waals surface area contributed by atoms with Crippen LogP contribution in [-0.2, 0) is 0 Å². The van der Waals surface area contributed by atoms with Gasteiger partial charge < -0.3 is 5.32 Å². The molecule has 0 bridgehead atoms. The Morgan fingerprint density at radius 3 is 2.06 bits per heavy atom. The van der Waals surface area contributed by atoms with Crippen LogP contribution < -0.4 is 5.32 Å². The normalized spacial score (nSPS) is 12.4. The van der Waals surface area contributed by atoms with Crippen LogP contribution in [0.25, 0.3) is 0 Å². The van der Waals surface area contributed by atoms with Crippen molar-refractivity contribution in [2.75, 3.05) is 6.54 Å². The van der Waals surface area contributed by atoms with Crippen LogP contribution in [0.5, 0.6) is 0 Å². The van der Waals surface area contributed by atoms with Crippen LogP contribution in [0.3, 0.4) is 0 Å². The van der Waals surface area contributed by atoms with Gasteiger partial charge in [-0.1, -0.05) is 67.1 Å². The van der Waals surface area contributed by atoms with Crippen LogP contribution >= 0.6 is 0 Å². The highest BCUT2D eigenvalue weighted by molar-refractivity contribution is 5.33. The molecule has 0 saturated carbocycles. The largest absolute Gasteiger partial charge is 0.307 e. The molecule has 88 valence electrons. The van der Waals surface area contributed by atoms with Crippen molar-refractivity contribution in [1.82, 2.24) is 5.32 Å². The molecular weight excluding hydrogens is 206 g/mol. The smallest absolute Gasteiger partial charge is 0.0576 e. The molecule has 0 aromatic heterocycles. The summed E-state index contributed by atoms with van der Waals surface area (Å²) in [6.45, 7) is 5.23. The number of benzene rings is 2. The Balaban J connectivity index is 2.32. The summed E-state index contributed by atoms with van der Waals surface area (Å²) in [5, 5.41) is 3.53. The summed E-state index contributed by atoms with van der Waals surface area (Å²) in [6.07, 6.45) is 0. The third-order valence-corrected chi connectivity index (χ3v) is 2.95. The van der Waals surface area contributed by atoms with Gasteiger partial charge in [0.1, 0.15) is 0 Å². The third-order valence-electron chi connectivity index (χ3n) is 2.95. The molecule has 1 N–H and O–H groups in total. The van der Waals surface area contributed by atoms with Gasteiger partial charge in [-0.3, -0.25) is 0 Å². The van der Waals surface area contributed by atoms with Crippen molar-refractivity contribution in [2.45, 2.75) is 19.9 Å². The summed E-state index contributed by atoms with van der Waals surface area (Å²) in [6, 6.07) is 19.6. The van der Waals surface area contributed by atoms with E-state index in [1.807, 2.05) is 0 Å². The van der Waals surface area contributed by atoms with Crippen molar-refractivity contribution >= 4 is 0 Å². The fourth-order valence-electron chi connectivity index (χ4n) is 2.04. The summed E-state index contributed by atoms with van der Waals surface area (Å²) in [5.74, 6) is 0. The summed E-state index contributed by atoms with van der Waals surface area (Å²) in [4.78, 5) is 0. The summed E-state index contributed by atoms with van der Waals surface area (Å²) in [5.41, 5.74) is 3.94. The molecule has 1 atom stereocenters. The van der Waals surface area contributed by atoms with Crippen molar-refractivity contribution in [3.8, 4) is 0 Å². The van der Waals surface area contributed by atoms with E-state index in [0.717, 1.165) is 6.54 Å². The minimum atomic E-state index is 0.293. The lowest BCUT2D eigenvalue weighted by atomic mass is 9.98. The zero-order chi connectivity index (χ0) is 12.1. The Hall–Kier alpha value is -1.60. The molecule has 1 heteroatoms. The predicted octanol–water partition coefficient (Wildman–Crippen LogP) is 3.69. The van der Waals surface area contributed by atoms with Gasteiger partial charge in [0.05, 0.1) is 6.04 Å². The maximum Gasteiger partial charge on any atom is 0.0576 e. The molecule has 0 fully saturated rings. The van der Waals surface area contributed by atoms with E-state index in [0.29, 0.717) is 6.04 Å². The standard InChI is InChI=1S/C16H19N/c1-3-17-16(14-7-5-4-6-8-14)15-11-9-13(2)10-12-15/h4-12,16-17H,3H2,1-2H3. The molecular formula is C16H19N. The number of aryl methyl sites for hydroxylation is 1.